The summed E-state index contributed by atoms with van der Waals surface area (Å²) in [6.07, 6.45) is 3.25. The number of nitrogens with one attached hydrogen (secondary N) is 2. The van der Waals surface area contributed by atoms with E-state index in [-0.39, 0.29) is 5.91 Å². The SMILES string of the molecule is O=C(NCC1CNC1)c1ccc(-n2cnnc2)cc1. The number of aromatic nitrogens is 3. The molecule has 0 atom stereocenters. The lowest BCUT2D eigenvalue weighted by Gasteiger charge is -2.27. The molecule has 1 aliphatic rings. The lowest BCUT2D eigenvalue weighted by Crippen LogP contribution is -2.48. The summed E-state index contributed by atoms with van der Waals surface area (Å²) in [5.41, 5.74) is 1.61. The van der Waals surface area contributed by atoms with E-state index in [0.717, 1.165) is 25.3 Å². The maximum Gasteiger partial charge on any atom is 0.251 e. The first kappa shape index (κ1) is 11.9. The summed E-state index contributed by atoms with van der Waals surface area (Å²) < 4.78 is 1.79. The second kappa shape index (κ2) is 5.19. The predicted molar refractivity (Wildman–Crippen MR) is 70.1 cm³/mol. The number of rotatable bonds is 4. The van der Waals surface area contributed by atoms with Crippen molar-refractivity contribution in [1.82, 2.24) is 25.4 Å². The van der Waals surface area contributed by atoms with Crippen molar-refractivity contribution in [2.75, 3.05) is 19.6 Å². The van der Waals surface area contributed by atoms with Crippen molar-refractivity contribution >= 4 is 5.91 Å². The average molecular weight is 257 g/mol. The largest absolute Gasteiger partial charge is 0.352 e. The molecule has 1 aliphatic heterocycles. The summed E-state index contributed by atoms with van der Waals surface area (Å²) in [4.78, 5) is 11.9. The minimum atomic E-state index is -0.0257. The smallest absolute Gasteiger partial charge is 0.251 e. The number of carbonyl (C=O) groups is 1. The molecular formula is C13H15N5O. The van der Waals surface area contributed by atoms with E-state index in [1.807, 2.05) is 24.3 Å². The van der Waals surface area contributed by atoms with E-state index in [9.17, 15) is 4.79 Å². The molecule has 3 rings (SSSR count). The zero-order valence-electron chi connectivity index (χ0n) is 10.4. The highest BCUT2D eigenvalue weighted by Gasteiger charge is 2.17. The van der Waals surface area contributed by atoms with E-state index in [2.05, 4.69) is 20.8 Å². The number of nitrogens with zero attached hydrogens (tertiary/aromatic N) is 3. The second-order valence-electron chi connectivity index (χ2n) is 4.65. The van der Waals surface area contributed by atoms with E-state index in [1.54, 1.807) is 17.2 Å². The van der Waals surface area contributed by atoms with Crippen LogP contribution in [0.3, 0.4) is 0 Å². The van der Waals surface area contributed by atoms with Gasteiger partial charge in [-0.15, -0.1) is 10.2 Å². The van der Waals surface area contributed by atoms with Crippen molar-refractivity contribution in [2.45, 2.75) is 0 Å². The fourth-order valence-electron chi connectivity index (χ4n) is 1.95. The maximum atomic E-state index is 11.9. The Kier molecular flexibility index (Phi) is 3.24. The topological polar surface area (TPSA) is 71.8 Å². The Morgan fingerprint density at radius 2 is 1.95 bits per heavy atom. The van der Waals surface area contributed by atoms with Crippen LogP contribution in [0, 0.1) is 5.92 Å². The summed E-state index contributed by atoms with van der Waals surface area (Å²) >= 11 is 0. The van der Waals surface area contributed by atoms with Gasteiger partial charge in [-0.05, 0) is 24.3 Å². The van der Waals surface area contributed by atoms with Crippen molar-refractivity contribution < 1.29 is 4.79 Å². The van der Waals surface area contributed by atoms with Gasteiger partial charge < -0.3 is 10.6 Å². The Bertz CT molecular complexity index is 545. The molecule has 6 nitrogen and oxygen atoms in total. The van der Waals surface area contributed by atoms with Crippen LogP contribution in [0.1, 0.15) is 10.4 Å². The minimum absolute atomic E-state index is 0.0257. The molecule has 1 amide bonds. The van der Waals surface area contributed by atoms with Crippen molar-refractivity contribution in [3.05, 3.63) is 42.5 Å². The van der Waals surface area contributed by atoms with Crippen LogP contribution in [0.2, 0.25) is 0 Å². The molecule has 19 heavy (non-hydrogen) atoms. The molecule has 0 spiro atoms. The molecule has 2 heterocycles. The maximum absolute atomic E-state index is 11.9. The molecule has 0 saturated carbocycles. The predicted octanol–water partition coefficient (Wildman–Crippen LogP) is 0.216. The fraction of sp³-hybridized carbons (Fsp3) is 0.308. The van der Waals surface area contributed by atoms with E-state index >= 15 is 0 Å². The van der Waals surface area contributed by atoms with Gasteiger partial charge in [-0.25, -0.2) is 0 Å². The van der Waals surface area contributed by atoms with E-state index in [4.69, 9.17) is 0 Å². The molecule has 98 valence electrons. The van der Waals surface area contributed by atoms with Gasteiger partial charge in [0.15, 0.2) is 0 Å². The van der Waals surface area contributed by atoms with E-state index in [1.165, 1.54) is 0 Å². The van der Waals surface area contributed by atoms with Crippen LogP contribution in [-0.2, 0) is 0 Å². The molecule has 0 unspecified atom stereocenters. The van der Waals surface area contributed by atoms with Crippen molar-refractivity contribution in [3.63, 3.8) is 0 Å². The third kappa shape index (κ3) is 2.63. The lowest BCUT2D eigenvalue weighted by atomic mass is 10.0. The summed E-state index contributed by atoms with van der Waals surface area (Å²) in [5, 5.41) is 13.6. The fourth-order valence-corrected chi connectivity index (χ4v) is 1.95. The Morgan fingerprint density at radius 1 is 1.26 bits per heavy atom. The molecule has 1 fully saturated rings. The van der Waals surface area contributed by atoms with Crippen LogP contribution in [0.5, 0.6) is 0 Å². The number of hydrogen-bond donors (Lipinski definition) is 2. The van der Waals surface area contributed by atoms with Gasteiger partial charge in [-0.3, -0.25) is 9.36 Å². The third-order valence-electron chi connectivity index (χ3n) is 3.26. The molecule has 0 aliphatic carbocycles. The number of hydrogen-bond acceptors (Lipinski definition) is 4. The van der Waals surface area contributed by atoms with Crippen molar-refractivity contribution in [1.29, 1.82) is 0 Å². The van der Waals surface area contributed by atoms with Crippen LogP contribution in [0.15, 0.2) is 36.9 Å². The zero-order chi connectivity index (χ0) is 13.1. The van der Waals surface area contributed by atoms with Crippen LogP contribution in [0.25, 0.3) is 5.69 Å². The first-order chi connectivity index (χ1) is 9.33. The summed E-state index contributed by atoms with van der Waals surface area (Å²) in [5.74, 6) is 0.544. The molecule has 6 heteroatoms. The van der Waals surface area contributed by atoms with Crippen LogP contribution in [-0.4, -0.2) is 40.3 Å². The van der Waals surface area contributed by atoms with Crippen LogP contribution in [0.4, 0.5) is 0 Å². The van der Waals surface area contributed by atoms with Gasteiger partial charge in [-0.1, -0.05) is 0 Å². The van der Waals surface area contributed by atoms with Gasteiger partial charge in [0.2, 0.25) is 0 Å². The standard InChI is InChI=1S/C13H15N5O/c19-13(15-7-10-5-14-6-10)11-1-3-12(4-2-11)18-8-16-17-9-18/h1-4,8-10,14H,5-7H2,(H,15,19). The highest BCUT2D eigenvalue weighted by Crippen LogP contribution is 2.09. The number of carbonyl (C=O) groups excluding carboxylic acids is 1. The number of amides is 1. The van der Waals surface area contributed by atoms with Gasteiger partial charge >= 0.3 is 0 Å². The second-order valence-corrected chi connectivity index (χ2v) is 4.65. The highest BCUT2D eigenvalue weighted by molar-refractivity contribution is 5.94. The summed E-state index contributed by atoms with van der Waals surface area (Å²) in [6.45, 7) is 2.72. The average Bonchev–Trinajstić information content (AvgIpc) is 2.91. The van der Waals surface area contributed by atoms with Gasteiger partial charge in [-0.2, -0.15) is 0 Å². The first-order valence-corrected chi connectivity index (χ1v) is 6.27. The van der Waals surface area contributed by atoms with Gasteiger partial charge in [0.1, 0.15) is 12.7 Å². The molecule has 0 radical (unpaired) electrons. The number of benzene rings is 1. The molecular weight excluding hydrogens is 242 g/mol. The zero-order valence-corrected chi connectivity index (χ0v) is 10.4. The van der Waals surface area contributed by atoms with Crippen LogP contribution >= 0.6 is 0 Å². The molecule has 1 aromatic carbocycles. The Hall–Kier alpha value is -2.21. The van der Waals surface area contributed by atoms with Crippen molar-refractivity contribution in [3.8, 4) is 5.69 Å². The van der Waals surface area contributed by atoms with E-state index < -0.39 is 0 Å². The van der Waals surface area contributed by atoms with Gasteiger partial charge in [0.05, 0.1) is 0 Å². The van der Waals surface area contributed by atoms with E-state index in [0.29, 0.717) is 11.5 Å². The summed E-state index contributed by atoms with van der Waals surface area (Å²) in [7, 11) is 0. The Morgan fingerprint density at radius 3 is 2.53 bits per heavy atom. The van der Waals surface area contributed by atoms with Crippen molar-refractivity contribution in [2.24, 2.45) is 5.92 Å². The van der Waals surface area contributed by atoms with Gasteiger partial charge in [0, 0.05) is 36.8 Å². The Labute approximate surface area is 110 Å². The quantitative estimate of drug-likeness (QED) is 0.821. The normalized spacial score (nSPS) is 14.9. The molecule has 2 aromatic rings. The Balaban J connectivity index is 1.63. The van der Waals surface area contributed by atoms with Crippen LogP contribution < -0.4 is 10.6 Å². The molecule has 1 saturated heterocycles. The first-order valence-electron chi connectivity index (χ1n) is 6.27. The summed E-state index contributed by atoms with van der Waals surface area (Å²) in [6, 6.07) is 7.37. The highest BCUT2D eigenvalue weighted by atomic mass is 16.1. The monoisotopic (exact) mass is 257 g/mol. The minimum Gasteiger partial charge on any atom is -0.352 e. The molecule has 0 bridgehead atoms. The lowest BCUT2D eigenvalue weighted by molar-refractivity contribution is 0.0942. The molecule has 1 aromatic heterocycles. The molecule has 2 N–H and O–H groups in total. The third-order valence-corrected chi connectivity index (χ3v) is 3.26. The van der Waals surface area contributed by atoms with Gasteiger partial charge in [0.25, 0.3) is 5.91 Å².